The molecule has 2 unspecified atom stereocenters. The van der Waals surface area contributed by atoms with Gasteiger partial charge in [-0.3, -0.25) is 4.79 Å². The van der Waals surface area contributed by atoms with Crippen molar-refractivity contribution in [2.24, 2.45) is 17.8 Å². The second-order valence-corrected chi connectivity index (χ2v) is 9.27. The van der Waals surface area contributed by atoms with Crippen molar-refractivity contribution >= 4 is 5.91 Å². The molecule has 28 heavy (non-hydrogen) atoms. The van der Waals surface area contributed by atoms with Crippen molar-refractivity contribution < 1.29 is 9.90 Å². The minimum absolute atomic E-state index is 0.0223. The number of carbonyl (C=O) groups excluding carboxylic acids is 1. The Morgan fingerprint density at radius 2 is 1.82 bits per heavy atom. The summed E-state index contributed by atoms with van der Waals surface area (Å²) in [6, 6.07) is 9.81. The van der Waals surface area contributed by atoms with Gasteiger partial charge >= 0.3 is 0 Å². The Labute approximate surface area is 169 Å². The molecule has 1 aliphatic heterocycles. The highest BCUT2D eigenvalue weighted by molar-refractivity contribution is 5.87. The Bertz CT molecular complexity index is 709. The number of hydrogen-bond acceptors (Lipinski definition) is 3. The fraction of sp³-hybridized carbons (Fsp3) is 0.625. The molecule has 3 fully saturated rings. The van der Waals surface area contributed by atoms with E-state index in [0.29, 0.717) is 11.8 Å². The highest BCUT2D eigenvalue weighted by Crippen LogP contribution is 2.47. The van der Waals surface area contributed by atoms with Gasteiger partial charge in [0.2, 0.25) is 0 Å². The molecule has 4 nitrogen and oxygen atoms in total. The Hall–Kier alpha value is -1.65. The zero-order valence-electron chi connectivity index (χ0n) is 17.2. The van der Waals surface area contributed by atoms with Gasteiger partial charge in [0.1, 0.15) is 0 Å². The van der Waals surface area contributed by atoms with E-state index < -0.39 is 5.60 Å². The summed E-state index contributed by atoms with van der Waals surface area (Å²) in [7, 11) is 0. The zero-order chi connectivity index (χ0) is 19.7. The van der Waals surface area contributed by atoms with Crippen molar-refractivity contribution in [3.05, 3.63) is 47.5 Å². The molecule has 2 aliphatic carbocycles. The minimum Gasteiger partial charge on any atom is -0.375 e. The number of nitrogens with zero attached hydrogens (tertiary/aromatic N) is 1. The van der Waals surface area contributed by atoms with Crippen LogP contribution in [0.15, 0.2) is 42.0 Å². The van der Waals surface area contributed by atoms with Crippen LogP contribution >= 0.6 is 0 Å². The molecule has 4 heteroatoms. The summed E-state index contributed by atoms with van der Waals surface area (Å²) in [5.41, 5.74) is 0.729. The number of allylic oxidation sites excluding steroid dienone is 1. The Balaban J connectivity index is 1.37. The van der Waals surface area contributed by atoms with E-state index in [1.54, 1.807) is 0 Å². The van der Waals surface area contributed by atoms with Crippen molar-refractivity contribution in [1.29, 1.82) is 0 Å². The second-order valence-electron chi connectivity index (χ2n) is 9.27. The van der Waals surface area contributed by atoms with Crippen LogP contribution in [0.3, 0.4) is 0 Å². The number of piperidine rings is 1. The summed E-state index contributed by atoms with van der Waals surface area (Å²) in [4.78, 5) is 15.8. The van der Waals surface area contributed by atoms with Gasteiger partial charge in [-0.1, -0.05) is 54.8 Å². The average molecular weight is 383 g/mol. The van der Waals surface area contributed by atoms with Gasteiger partial charge < -0.3 is 15.3 Å². The number of likely N-dealkylation sites (tertiary alicyclic amines) is 1. The van der Waals surface area contributed by atoms with E-state index in [1.165, 1.54) is 5.57 Å². The smallest absolute Gasteiger partial charge is 0.257 e. The van der Waals surface area contributed by atoms with Gasteiger partial charge in [-0.2, -0.15) is 0 Å². The Morgan fingerprint density at radius 3 is 2.43 bits per heavy atom. The molecular weight excluding hydrogens is 348 g/mol. The lowest BCUT2D eigenvalue weighted by molar-refractivity contribution is -0.147. The van der Waals surface area contributed by atoms with Crippen molar-refractivity contribution in [2.45, 2.75) is 57.6 Å². The van der Waals surface area contributed by atoms with E-state index in [-0.39, 0.29) is 17.9 Å². The fourth-order valence-electron chi connectivity index (χ4n) is 5.40. The van der Waals surface area contributed by atoms with Crippen molar-refractivity contribution in [3.63, 3.8) is 0 Å². The SMILES string of the molecule is CC(C)=CCCN1C[C@@H]2C(NC(=O)C(O)(c3ccccc3)C3CCCC3)[C@@H]2C1. The number of nitrogens with one attached hydrogen (secondary N) is 1. The minimum atomic E-state index is -1.39. The first-order chi connectivity index (χ1) is 13.5. The molecule has 4 atom stereocenters. The van der Waals surface area contributed by atoms with E-state index >= 15 is 0 Å². The number of fused-ring (bicyclic) bond motifs is 1. The molecule has 152 valence electrons. The van der Waals surface area contributed by atoms with Gasteiger partial charge in [0.25, 0.3) is 5.91 Å². The van der Waals surface area contributed by atoms with Crippen LogP contribution in [0.5, 0.6) is 0 Å². The molecule has 2 N–H and O–H groups in total. The summed E-state index contributed by atoms with van der Waals surface area (Å²) >= 11 is 0. The molecule has 1 amide bonds. The number of carbonyl (C=O) groups is 1. The first-order valence-corrected chi connectivity index (χ1v) is 10.9. The standard InChI is InChI=1S/C24H34N2O2/c1-17(2)9-8-14-26-15-20-21(16-26)22(20)25-23(27)24(28,19-12-6-7-13-19)18-10-4-3-5-11-18/h3-5,9-11,19-22,28H,6-8,12-16H2,1-2H3,(H,25,27)/t20-,21+,22?,24?. The van der Waals surface area contributed by atoms with Crippen LogP contribution in [0.4, 0.5) is 0 Å². The predicted octanol–water partition coefficient (Wildman–Crippen LogP) is 3.47. The van der Waals surface area contributed by atoms with E-state index in [0.717, 1.165) is 57.3 Å². The number of benzene rings is 1. The molecule has 0 spiro atoms. The maximum atomic E-state index is 13.3. The third-order valence-corrected chi connectivity index (χ3v) is 7.07. The molecule has 1 saturated heterocycles. The Kier molecular flexibility index (Phi) is 5.62. The second kappa shape index (κ2) is 8.00. The van der Waals surface area contributed by atoms with Gasteiger partial charge in [0.05, 0.1) is 0 Å². The summed E-state index contributed by atoms with van der Waals surface area (Å²) in [6.07, 6.45) is 7.45. The van der Waals surface area contributed by atoms with Crippen molar-refractivity contribution in [3.8, 4) is 0 Å². The maximum Gasteiger partial charge on any atom is 0.257 e. The lowest BCUT2D eigenvalue weighted by Gasteiger charge is -2.33. The Morgan fingerprint density at radius 1 is 1.18 bits per heavy atom. The molecule has 0 aromatic heterocycles. The number of rotatable bonds is 7. The topological polar surface area (TPSA) is 52.6 Å². The summed E-state index contributed by atoms with van der Waals surface area (Å²) in [6.45, 7) is 7.53. The highest BCUT2D eigenvalue weighted by atomic mass is 16.3. The van der Waals surface area contributed by atoms with Crippen LogP contribution in [-0.4, -0.2) is 41.6 Å². The third-order valence-electron chi connectivity index (χ3n) is 7.07. The number of amides is 1. The average Bonchev–Trinajstić information content (AvgIpc) is 3.11. The maximum absolute atomic E-state index is 13.3. The summed E-state index contributed by atoms with van der Waals surface area (Å²) in [5.74, 6) is 0.952. The van der Waals surface area contributed by atoms with Gasteiger partial charge in [-0.15, -0.1) is 0 Å². The number of aliphatic hydroxyl groups is 1. The number of hydrogen-bond donors (Lipinski definition) is 2. The fourth-order valence-corrected chi connectivity index (χ4v) is 5.40. The first-order valence-electron chi connectivity index (χ1n) is 10.9. The van der Waals surface area contributed by atoms with Crippen LogP contribution < -0.4 is 5.32 Å². The van der Waals surface area contributed by atoms with E-state index in [1.807, 2.05) is 30.3 Å². The van der Waals surface area contributed by atoms with Crippen molar-refractivity contribution in [2.75, 3.05) is 19.6 Å². The normalized spacial score (nSPS) is 29.2. The lowest BCUT2D eigenvalue weighted by atomic mass is 9.79. The quantitative estimate of drug-likeness (QED) is 0.710. The molecule has 1 aromatic carbocycles. The zero-order valence-corrected chi connectivity index (χ0v) is 17.2. The van der Waals surface area contributed by atoms with Gasteiger partial charge in [0, 0.05) is 31.6 Å². The van der Waals surface area contributed by atoms with E-state index in [4.69, 9.17) is 0 Å². The van der Waals surface area contributed by atoms with Crippen LogP contribution in [0, 0.1) is 17.8 Å². The highest BCUT2D eigenvalue weighted by Gasteiger charge is 2.58. The largest absolute Gasteiger partial charge is 0.375 e. The first kappa shape index (κ1) is 19.7. The van der Waals surface area contributed by atoms with Crippen molar-refractivity contribution in [1.82, 2.24) is 10.2 Å². The van der Waals surface area contributed by atoms with Gasteiger partial charge in [0.15, 0.2) is 5.60 Å². The molecule has 4 rings (SSSR count). The van der Waals surface area contributed by atoms with E-state index in [2.05, 4.69) is 30.1 Å². The summed E-state index contributed by atoms with van der Waals surface area (Å²) in [5, 5.41) is 14.8. The van der Waals surface area contributed by atoms with Crippen LogP contribution in [0.2, 0.25) is 0 Å². The molecule has 3 aliphatic rings. The molecule has 1 heterocycles. The predicted molar refractivity (Wildman–Crippen MR) is 112 cm³/mol. The van der Waals surface area contributed by atoms with Crippen LogP contribution in [0.1, 0.15) is 51.5 Å². The van der Waals surface area contributed by atoms with Crippen LogP contribution in [-0.2, 0) is 10.4 Å². The van der Waals surface area contributed by atoms with E-state index in [9.17, 15) is 9.90 Å². The third kappa shape index (κ3) is 3.77. The van der Waals surface area contributed by atoms with Gasteiger partial charge in [-0.05, 0) is 50.5 Å². The molecule has 2 saturated carbocycles. The lowest BCUT2D eigenvalue weighted by Crippen LogP contribution is -2.51. The monoisotopic (exact) mass is 382 g/mol. The molecule has 1 aromatic rings. The summed E-state index contributed by atoms with van der Waals surface area (Å²) < 4.78 is 0. The molecular formula is C24H34N2O2. The van der Waals surface area contributed by atoms with Crippen LogP contribution in [0.25, 0.3) is 0 Å². The molecule has 0 bridgehead atoms. The van der Waals surface area contributed by atoms with Gasteiger partial charge in [-0.25, -0.2) is 0 Å². The molecule has 0 radical (unpaired) electrons.